The van der Waals surface area contributed by atoms with Crippen LogP contribution in [-0.2, 0) is 24.4 Å². The van der Waals surface area contributed by atoms with E-state index in [1.807, 2.05) is 71.6 Å². The molecule has 1 amide bonds. The second-order valence-electron chi connectivity index (χ2n) is 6.77. The molecule has 6 nitrogen and oxygen atoms in total. The first-order valence-corrected chi connectivity index (χ1v) is 8.95. The highest BCUT2D eigenvalue weighted by Gasteiger charge is 2.26. The van der Waals surface area contributed by atoms with E-state index in [0.29, 0.717) is 32.0 Å². The average Bonchev–Trinajstić information content (AvgIpc) is 3.13. The number of likely N-dealkylation sites (N-methyl/N-ethyl adjacent to an activating group) is 1. The molecular formula is C21H21N5O. The summed E-state index contributed by atoms with van der Waals surface area (Å²) in [5.41, 5.74) is 3.90. The van der Waals surface area contributed by atoms with E-state index in [9.17, 15) is 4.79 Å². The molecule has 1 aliphatic rings. The Bertz CT molecular complexity index is 930. The lowest BCUT2D eigenvalue weighted by atomic mass is 10.2. The number of hydrogen-bond donors (Lipinski definition) is 0. The van der Waals surface area contributed by atoms with Crippen LogP contribution in [0.15, 0.2) is 60.9 Å². The van der Waals surface area contributed by atoms with Crippen molar-refractivity contribution < 1.29 is 4.79 Å². The lowest BCUT2D eigenvalue weighted by Crippen LogP contribution is -2.35. The molecule has 0 fully saturated rings. The number of rotatable bonds is 5. The van der Waals surface area contributed by atoms with Crippen LogP contribution in [-0.4, -0.2) is 44.3 Å². The SMILES string of the molecule is CN(CC(=O)N1Cc2cnc(-c3ccccc3)nc2C1)Cc1ccccn1. The molecule has 0 radical (unpaired) electrons. The van der Waals surface area contributed by atoms with Crippen LogP contribution < -0.4 is 0 Å². The van der Waals surface area contributed by atoms with Crippen LogP contribution in [0.2, 0.25) is 0 Å². The van der Waals surface area contributed by atoms with Crippen LogP contribution in [0.25, 0.3) is 11.4 Å². The molecule has 0 saturated heterocycles. The summed E-state index contributed by atoms with van der Waals surface area (Å²) in [6.07, 6.45) is 3.61. The van der Waals surface area contributed by atoms with E-state index >= 15 is 0 Å². The van der Waals surface area contributed by atoms with Gasteiger partial charge in [0.05, 0.1) is 24.5 Å². The molecule has 0 saturated carbocycles. The van der Waals surface area contributed by atoms with Crippen molar-refractivity contribution in [3.8, 4) is 11.4 Å². The minimum atomic E-state index is 0.0905. The standard InChI is InChI=1S/C21H21N5O/c1-25(13-18-9-5-6-10-22-18)15-20(27)26-12-17-11-23-21(24-19(17)14-26)16-7-3-2-4-8-16/h2-11H,12-15H2,1H3. The number of pyridine rings is 1. The Morgan fingerprint density at radius 1 is 1.07 bits per heavy atom. The molecule has 6 heteroatoms. The summed E-state index contributed by atoms with van der Waals surface area (Å²) in [5.74, 6) is 0.795. The van der Waals surface area contributed by atoms with Gasteiger partial charge in [0.25, 0.3) is 0 Å². The summed E-state index contributed by atoms with van der Waals surface area (Å²) in [7, 11) is 1.93. The van der Waals surface area contributed by atoms with Crippen LogP contribution in [0.3, 0.4) is 0 Å². The minimum Gasteiger partial charge on any atom is -0.331 e. The molecule has 136 valence electrons. The number of benzene rings is 1. The second kappa shape index (κ2) is 7.63. The third-order valence-corrected chi connectivity index (χ3v) is 4.60. The maximum atomic E-state index is 12.7. The first-order chi connectivity index (χ1) is 13.2. The van der Waals surface area contributed by atoms with Gasteiger partial charge in [-0.05, 0) is 19.2 Å². The van der Waals surface area contributed by atoms with Gasteiger partial charge < -0.3 is 4.90 Å². The van der Waals surface area contributed by atoms with E-state index in [-0.39, 0.29) is 5.91 Å². The van der Waals surface area contributed by atoms with Crippen molar-refractivity contribution in [2.45, 2.75) is 19.6 Å². The Kier molecular flexibility index (Phi) is 4.89. The summed E-state index contributed by atoms with van der Waals surface area (Å²) in [5, 5.41) is 0. The van der Waals surface area contributed by atoms with E-state index < -0.39 is 0 Å². The molecule has 0 bridgehead atoms. The number of carbonyl (C=O) groups is 1. The number of carbonyl (C=O) groups excluding carboxylic acids is 1. The van der Waals surface area contributed by atoms with Gasteiger partial charge in [-0.3, -0.25) is 14.7 Å². The van der Waals surface area contributed by atoms with E-state index in [2.05, 4.69) is 15.0 Å². The van der Waals surface area contributed by atoms with Gasteiger partial charge in [0.15, 0.2) is 5.82 Å². The Labute approximate surface area is 158 Å². The normalized spacial score (nSPS) is 13.0. The monoisotopic (exact) mass is 359 g/mol. The van der Waals surface area contributed by atoms with Gasteiger partial charge >= 0.3 is 0 Å². The largest absolute Gasteiger partial charge is 0.331 e. The van der Waals surface area contributed by atoms with Crippen molar-refractivity contribution in [2.24, 2.45) is 0 Å². The molecule has 3 aromatic rings. The second-order valence-corrected chi connectivity index (χ2v) is 6.77. The Balaban J connectivity index is 1.39. The van der Waals surface area contributed by atoms with Crippen LogP contribution >= 0.6 is 0 Å². The molecule has 0 atom stereocenters. The van der Waals surface area contributed by atoms with Crippen molar-refractivity contribution in [1.82, 2.24) is 24.8 Å². The molecule has 0 aliphatic carbocycles. The third kappa shape index (κ3) is 4.01. The van der Waals surface area contributed by atoms with Gasteiger partial charge in [0.1, 0.15) is 0 Å². The fourth-order valence-electron chi connectivity index (χ4n) is 3.21. The van der Waals surface area contributed by atoms with E-state index in [1.54, 1.807) is 6.20 Å². The molecule has 4 rings (SSSR count). The maximum absolute atomic E-state index is 12.7. The number of aromatic nitrogens is 3. The molecular weight excluding hydrogens is 338 g/mol. The lowest BCUT2D eigenvalue weighted by molar-refractivity contribution is -0.132. The van der Waals surface area contributed by atoms with Crippen LogP contribution in [0.5, 0.6) is 0 Å². The molecule has 0 spiro atoms. The van der Waals surface area contributed by atoms with Gasteiger partial charge in [-0.1, -0.05) is 36.4 Å². The summed E-state index contributed by atoms with van der Waals surface area (Å²) in [6, 6.07) is 15.7. The summed E-state index contributed by atoms with van der Waals surface area (Å²) in [6.45, 7) is 2.10. The molecule has 1 aliphatic heterocycles. The van der Waals surface area contributed by atoms with Crippen molar-refractivity contribution in [3.63, 3.8) is 0 Å². The van der Waals surface area contributed by atoms with Crippen LogP contribution in [0, 0.1) is 0 Å². The molecule has 0 unspecified atom stereocenters. The molecule has 3 heterocycles. The predicted molar refractivity (Wildman–Crippen MR) is 102 cm³/mol. The van der Waals surface area contributed by atoms with Gasteiger partial charge in [0.2, 0.25) is 5.91 Å². The topological polar surface area (TPSA) is 62.2 Å². The van der Waals surface area contributed by atoms with Crippen molar-refractivity contribution >= 4 is 5.91 Å². The molecule has 0 N–H and O–H groups in total. The zero-order chi connectivity index (χ0) is 18.6. The minimum absolute atomic E-state index is 0.0905. The first kappa shape index (κ1) is 17.3. The van der Waals surface area contributed by atoms with Crippen molar-refractivity contribution in [1.29, 1.82) is 0 Å². The van der Waals surface area contributed by atoms with Crippen LogP contribution in [0.4, 0.5) is 0 Å². The number of fused-ring (bicyclic) bond motifs is 1. The predicted octanol–water partition coefficient (Wildman–Crippen LogP) is 2.51. The molecule has 1 aromatic carbocycles. The number of nitrogens with zero attached hydrogens (tertiary/aromatic N) is 5. The molecule has 2 aromatic heterocycles. The number of amides is 1. The first-order valence-electron chi connectivity index (χ1n) is 8.95. The highest BCUT2D eigenvalue weighted by Crippen LogP contribution is 2.23. The van der Waals surface area contributed by atoms with Gasteiger partial charge in [-0.15, -0.1) is 0 Å². The smallest absolute Gasteiger partial charge is 0.237 e. The van der Waals surface area contributed by atoms with Crippen molar-refractivity contribution in [2.75, 3.05) is 13.6 Å². The van der Waals surface area contributed by atoms with E-state index in [1.165, 1.54) is 0 Å². The third-order valence-electron chi connectivity index (χ3n) is 4.60. The van der Waals surface area contributed by atoms with Gasteiger partial charge in [-0.2, -0.15) is 0 Å². The van der Waals surface area contributed by atoms with E-state index in [4.69, 9.17) is 0 Å². The van der Waals surface area contributed by atoms with Gasteiger partial charge in [-0.25, -0.2) is 9.97 Å². The zero-order valence-electron chi connectivity index (χ0n) is 15.2. The Hall–Kier alpha value is -3.12. The maximum Gasteiger partial charge on any atom is 0.237 e. The average molecular weight is 359 g/mol. The van der Waals surface area contributed by atoms with Crippen molar-refractivity contribution in [3.05, 3.63) is 77.9 Å². The Morgan fingerprint density at radius 3 is 2.67 bits per heavy atom. The fraction of sp³-hybridized carbons (Fsp3) is 0.238. The summed E-state index contributed by atoms with van der Waals surface area (Å²) >= 11 is 0. The van der Waals surface area contributed by atoms with Gasteiger partial charge in [0, 0.05) is 36.6 Å². The molecule has 27 heavy (non-hydrogen) atoms. The van der Waals surface area contributed by atoms with E-state index in [0.717, 1.165) is 22.5 Å². The fourth-order valence-corrected chi connectivity index (χ4v) is 3.21. The van der Waals surface area contributed by atoms with Crippen LogP contribution in [0.1, 0.15) is 17.0 Å². The highest BCUT2D eigenvalue weighted by molar-refractivity contribution is 5.78. The lowest BCUT2D eigenvalue weighted by Gasteiger charge is -2.20. The summed E-state index contributed by atoms with van der Waals surface area (Å²) < 4.78 is 0. The summed E-state index contributed by atoms with van der Waals surface area (Å²) in [4.78, 5) is 29.9. The zero-order valence-corrected chi connectivity index (χ0v) is 15.2. The number of hydrogen-bond acceptors (Lipinski definition) is 5. The highest BCUT2D eigenvalue weighted by atomic mass is 16.2. The Morgan fingerprint density at radius 2 is 1.89 bits per heavy atom. The quantitative estimate of drug-likeness (QED) is 0.700.